The van der Waals surface area contributed by atoms with Crippen molar-refractivity contribution in [3.8, 4) is 17.0 Å². The Bertz CT molecular complexity index is 743. The summed E-state index contributed by atoms with van der Waals surface area (Å²) in [5.41, 5.74) is 6.62. The molecule has 1 aliphatic rings. The number of hydrogen-bond donors (Lipinski definition) is 2. The molecule has 0 aliphatic carbocycles. The van der Waals surface area contributed by atoms with Gasteiger partial charge >= 0.3 is 0 Å². The van der Waals surface area contributed by atoms with Crippen LogP contribution in [0.3, 0.4) is 0 Å². The molecule has 136 valence electrons. The third kappa shape index (κ3) is 4.46. The van der Waals surface area contributed by atoms with Gasteiger partial charge < -0.3 is 15.2 Å². The van der Waals surface area contributed by atoms with Gasteiger partial charge in [-0.05, 0) is 31.0 Å². The second kappa shape index (κ2) is 8.57. The van der Waals surface area contributed by atoms with E-state index < -0.39 is 6.10 Å². The first-order valence-electron chi connectivity index (χ1n) is 7.56. The molecule has 3 N–H and O–H groups in total. The normalized spacial score (nSPS) is 19.3. The molecule has 25 heavy (non-hydrogen) atoms. The average Bonchev–Trinajstić information content (AvgIpc) is 3.24. The first-order chi connectivity index (χ1) is 11.6. The Kier molecular flexibility index (Phi) is 6.71. The van der Waals surface area contributed by atoms with Gasteiger partial charge in [-0.3, -0.25) is 10.1 Å². The molecular formula is C16H19ClFN3O3S. The van der Waals surface area contributed by atoms with E-state index in [0.29, 0.717) is 35.1 Å². The molecule has 0 saturated carbocycles. The van der Waals surface area contributed by atoms with Crippen molar-refractivity contribution < 1.29 is 18.7 Å². The number of aromatic nitrogens is 1. The van der Waals surface area contributed by atoms with Crippen molar-refractivity contribution in [3.05, 3.63) is 29.4 Å². The predicted octanol–water partition coefficient (Wildman–Crippen LogP) is 2.82. The standard InChI is InChI=1S/C16H18FN3O3S.ClH/c1-22-13-4-2-9(17)6-11(13)12-8-24-16(19-12)20-15(21)14-5-3-10(7-18)23-14;/h2,4,6,8,10,14H,3,5,7,18H2,1H3,(H,19,20,21);1H/t10-,14+;/m1./s1. The van der Waals surface area contributed by atoms with Gasteiger partial charge in [0.05, 0.1) is 18.9 Å². The molecule has 2 aromatic rings. The van der Waals surface area contributed by atoms with E-state index >= 15 is 0 Å². The summed E-state index contributed by atoms with van der Waals surface area (Å²) in [6.07, 6.45) is 0.848. The molecule has 9 heteroatoms. The first-order valence-corrected chi connectivity index (χ1v) is 8.44. The minimum Gasteiger partial charge on any atom is -0.496 e. The highest BCUT2D eigenvalue weighted by Gasteiger charge is 2.30. The number of hydrogen-bond acceptors (Lipinski definition) is 6. The van der Waals surface area contributed by atoms with E-state index in [1.807, 2.05) is 0 Å². The highest BCUT2D eigenvalue weighted by molar-refractivity contribution is 7.14. The number of rotatable bonds is 5. The Morgan fingerprint density at radius 3 is 3.00 bits per heavy atom. The van der Waals surface area contributed by atoms with Crippen LogP contribution in [-0.4, -0.2) is 36.8 Å². The molecule has 0 spiro atoms. The number of carbonyl (C=O) groups excluding carboxylic acids is 1. The number of nitrogens with zero attached hydrogens (tertiary/aromatic N) is 1. The fourth-order valence-corrected chi connectivity index (χ4v) is 3.31. The number of anilines is 1. The lowest BCUT2D eigenvalue weighted by Crippen LogP contribution is -2.29. The summed E-state index contributed by atoms with van der Waals surface area (Å²) < 4.78 is 24.3. The van der Waals surface area contributed by atoms with Gasteiger partial charge in [0, 0.05) is 17.5 Å². The fraction of sp³-hybridized carbons (Fsp3) is 0.375. The summed E-state index contributed by atoms with van der Waals surface area (Å²) in [4.78, 5) is 16.5. The van der Waals surface area contributed by atoms with E-state index in [4.69, 9.17) is 15.2 Å². The van der Waals surface area contributed by atoms with Crippen LogP contribution in [0.2, 0.25) is 0 Å². The largest absolute Gasteiger partial charge is 0.496 e. The maximum absolute atomic E-state index is 13.5. The van der Waals surface area contributed by atoms with Crippen LogP contribution in [0.4, 0.5) is 9.52 Å². The van der Waals surface area contributed by atoms with Crippen LogP contribution in [0.25, 0.3) is 11.3 Å². The van der Waals surface area contributed by atoms with E-state index in [2.05, 4.69) is 10.3 Å². The van der Waals surface area contributed by atoms with Gasteiger partial charge in [-0.2, -0.15) is 0 Å². The Morgan fingerprint density at radius 1 is 1.52 bits per heavy atom. The van der Waals surface area contributed by atoms with Gasteiger partial charge in [-0.15, -0.1) is 23.7 Å². The molecular weight excluding hydrogens is 369 g/mol. The van der Waals surface area contributed by atoms with E-state index in [0.717, 1.165) is 6.42 Å². The lowest BCUT2D eigenvalue weighted by Gasteiger charge is -2.11. The molecule has 1 aromatic carbocycles. The van der Waals surface area contributed by atoms with Crippen LogP contribution in [-0.2, 0) is 9.53 Å². The molecule has 0 bridgehead atoms. The molecule has 2 heterocycles. The van der Waals surface area contributed by atoms with Crippen molar-refractivity contribution >= 4 is 34.8 Å². The predicted molar refractivity (Wildman–Crippen MR) is 96.9 cm³/mol. The van der Waals surface area contributed by atoms with Crippen LogP contribution < -0.4 is 15.8 Å². The van der Waals surface area contributed by atoms with Crippen molar-refractivity contribution in [1.29, 1.82) is 0 Å². The number of ether oxygens (including phenoxy) is 2. The van der Waals surface area contributed by atoms with Crippen LogP contribution in [0.15, 0.2) is 23.6 Å². The average molecular weight is 388 g/mol. The molecule has 1 saturated heterocycles. The van der Waals surface area contributed by atoms with E-state index in [9.17, 15) is 9.18 Å². The molecule has 1 amide bonds. The van der Waals surface area contributed by atoms with Crippen molar-refractivity contribution in [2.75, 3.05) is 19.0 Å². The third-order valence-electron chi connectivity index (χ3n) is 3.83. The van der Waals surface area contributed by atoms with Gasteiger partial charge in [0.1, 0.15) is 17.7 Å². The van der Waals surface area contributed by atoms with Crippen molar-refractivity contribution in [3.63, 3.8) is 0 Å². The first kappa shape index (κ1) is 19.6. The Morgan fingerprint density at radius 2 is 2.32 bits per heavy atom. The number of benzene rings is 1. The Labute approximate surface area is 154 Å². The van der Waals surface area contributed by atoms with Gasteiger partial charge in [-0.25, -0.2) is 9.37 Å². The van der Waals surface area contributed by atoms with E-state index in [-0.39, 0.29) is 30.2 Å². The summed E-state index contributed by atoms with van der Waals surface area (Å²) in [5.74, 6) is -0.0980. The third-order valence-corrected chi connectivity index (χ3v) is 4.59. The summed E-state index contributed by atoms with van der Waals surface area (Å²) in [5, 5.41) is 4.91. The number of nitrogens with two attached hydrogens (primary N) is 1. The number of nitrogens with one attached hydrogen (secondary N) is 1. The zero-order valence-corrected chi connectivity index (χ0v) is 15.2. The summed E-state index contributed by atoms with van der Waals surface area (Å²) in [6, 6.07) is 4.22. The van der Waals surface area contributed by atoms with Crippen molar-refractivity contribution in [2.24, 2.45) is 5.73 Å². The van der Waals surface area contributed by atoms with Gasteiger partial charge in [0.15, 0.2) is 5.13 Å². The van der Waals surface area contributed by atoms with Crippen molar-refractivity contribution in [1.82, 2.24) is 4.98 Å². The molecule has 1 aliphatic heterocycles. The lowest BCUT2D eigenvalue weighted by atomic mass is 10.1. The zero-order valence-electron chi connectivity index (χ0n) is 13.5. The Balaban J connectivity index is 0.00000225. The number of amides is 1. The second-order valence-electron chi connectivity index (χ2n) is 5.43. The summed E-state index contributed by atoms with van der Waals surface area (Å²) >= 11 is 1.26. The van der Waals surface area contributed by atoms with Crippen LogP contribution >= 0.6 is 23.7 Å². The van der Waals surface area contributed by atoms with Crippen LogP contribution in [0, 0.1) is 5.82 Å². The fourth-order valence-electron chi connectivity index (χ4n) is 2.59. The number of thiazole rings is 1. The monoisotopic (exact) mass is 387 g/mol. The quantitative estimate of drug-likeness (QED) is 0.823. The maximum Gasteiger partial charge on any atom is 0.255 e. The molecule has 1 aromatic heterocycles. The summed E-state index contributed by atoms with van der Waals surface area (Å²) in [6.45, 7) is 0.407. The number of halogens is 2. The highest BCUT2D eigenvalue weighted by atomic mass is 35.5. The molecule has 6 nitrogen and oxygen atoms in total. The van der Waals surface area contributed by atoms with E-state index in [1.54, 1.807) is 11.4 Å². The molecule has 2 atom stereocenters. The number of methoxy groups -OCH3 is 1. The smallest absolute Gasteiger partial charge is 0.255 e. The van der Waals surface area contributed by atoms with Crippen molar-refractivity contribution in [2.45, 2.75) is 25.0 Å². The van der Waals surface area contributed by atoms with Gasteiger partial charge in [0.25, 0.3) is 5.91 Å². The highest BCUT2D eigenvalue weighted by Crippen LogP contribution is 2.33. The SMILES string of the molecule is COc1ccc(F)cc1-c1csc(NC(=O)[C@@H]2CC[C@H](CN)O2)n1.Cl. The zero-order chi connectivity index (χ0) is 17.1. The Hall–Kier alpha value is -1.74. The lowest BCUT2D eigenvalue weighted by molar-refractivity contribution is -0.126. The van der Waals surface area contributed by atoms with Gasteiger partial charge in [-0.1, -0.05) is 0 Å². The minimum atomic E-state index is -0.505. The van der Waals surface area contributed by atoms with Gasteiger partial charge in [0.2, 0.25) is 0 Å². The second-order valence-corrected chi connectivity index (χ2v) is 6.29. The molecule has 3 rings (SSSR count). The minimum absolute atomic E-state index is 0. The maximum atomic E-state index is 13.5. The molecule has 0 radical (unpaired) electrons. The topological polar surface area (TPSA) is 86.5 Å². The van der Waals surface area contributed by atoms with E-state index in [1.165, 1.54) is 30.6 Å². The van der Waals surface area contributed by atoms with Crippen LogP contribution in [0.1, 0.15) is 12.8 Å². The summed E-state index contributed by atoms with van der Waals surface area (Å²) in [7, 11) is 1.51. The van der Waals surface area contributed by atoms with Crippen LogP contribution in [0.5, 0.6) is 5.75 Å². The molecule has 0 unspecified atom stereocenters. The number of carbonyl (C=O) groups is 1. The molecule has 1 fully saturated rings.